The minimum atomic E-state index is -0.227. The lowest BCUT2D eigenvalue weighted by atomic mass is 10.3. The molecule has 0 aromatic rings. The summed E-state index contributed by atoms with van der Waals surface area (Å²) < 4.78 is 9.16. The van der Waals surface area contributed by atoms with E-state index in [1.807, 2.05) is 6.92 Å². The number of rotatable bonds is 1. The van der Waals surface area contributed by atoms with Crippen LogP contribution >= 0.6 is 0 Å². The van der Waals surface area contributed by atoms with Crippen molar-refractivity contribution in [2.24, 2.45) is 0 Å². The fourth-order valence-corrected chi connectivity index (χ4v) is 0.956. The smallest absolute Gasteiger partial charge is 0.331 e. The molecular weight excluding hydrogens is 184 g/mol. The molecule has 0 spiro atoms. The standard InChI is InChI=1S/C6H8O2.C4H4O2/c1-2-5-3-4-6(7)8-5;5-4-2-1-3-6-4/h3-5H,2H2,1H3;1-2H,3H2. The summed E-state index contributed by atoms with van der Waals surface area (Å²) in [5, 5.41) is 0. The molecule has 0 N–H and O–H groups in total. The van der Waals surface area contributed by atoms with E-state index >= 15 is 0 Å². The molecule has 0 aromatic carbocycles. The van der Waals surface area contributed by atoms with Gasteiger partial charge in [0.25, 0.3) is 0 Å². The van der Waals surface area contributed by atoms with Gasteiger partial charge >= 0.3 is 11.9 Å². The van der Waals surface area contributed by atoms with Crippen LogP contribution in [-0.2, 0) is 19.1 Å². The van der Waals surface area contributed by atoms with E-state index in [9.17, 15) is 9.59 Å². The monoisotopic (exact) mass is 196 g/mol. The van der Waals surface area contributed by atoms with Gasteiger partial charge in [-0.1, -0.05) is 6.92 Å². The Kier molecular flexibility index (Phi) is 3.91. The normalized spacial score (nSPS) is 22.8. The summed E-state index contributed by atoms with van der Waals surface area (Å²) in [5.41, 5.74) is 0. The average Bonchev–Trinajstić information content (AvgIpc) is 2.77. The quantitative estimate of drug-likeness (QED) is 0.586. The van der Waals surface area contributed by atoms with Crippen molar-refractivity contribution in [3.05, 3.63) is 24.3 Å². The number of ether oxygens (including phenoxy) is 2. The summed E-state index contributed by atoms with van der Waals surface area (Å²) in [6, 6.07) is 0. The van der Waals surface area contributed by atoms with E-state index in [0.717, 1.165) is 6.42 Å². The van der Waals surface area contributed by atoms with Gasteiger partial charge in [-0.3, -0.25) is 0 Å². The molecule has 76 valence electrons. The number of cyclic esters (lactones) is 2. The van der Waals surface area contributed by atoms with Crippen molar-refractivity contribution in [2.75, 3.05) is 6.61 Å². The number of carbonyl (C=O) groups excluding carboxylic acids is 2. The number of hydrogen-bond donors (Lipinski definition) is 0. The first-order chi connectivity index (χ1) is 6.72. The molecule has 1 unspecified atom stereocenters. The van der Waals surface area contributed by atoms with Crippen molar-refractivity contribution in [1.29, 1.82) is 0 Å². The van der Waals surface area contributed by atoms with Crippen LogP contribution in [0.25, 0.3) is 0 Å². The van der Waals surface area contributed by atoms with E-state index < -0.39 is 0 Å². The molecular formula is C10H12O4. The minimum Gasteiger partial charge on any atom is -0.458 e. The first-order valence-electron chi connectivity index (χ1n) is 4.44. The molecule has 0 saturated carbocycles. The Hall–Kier alpha value is -1.58. The Balaban J connectivity index is 0.000000146. The minimum absolute atomic E-state index is 0.0440. The summed E-state index contributed by atoms with van der Waals surface area (Å²) in [7, 11) is 0. The summed E-state index contributed by atoms with van der Waals surface area (Å²) >= 11 is 0. The molecule has 0 amide bonds. The molecule has 2 aliphatic heterocycles. The van der Waals surface area contributed by atoms with Crippen LogP contribution < -0.4 is 0 Å². The van der Waals surface area contributed by atoms with Crippen molar-refractivity contribution in [1.82, 2.24) is 0 Å². The van der Waals surface area contributed by atoms with E-state index in [-0.39, 0.29) is 18.0 Å². The summed E-state index contributed by atoms with van der Waals surface area (Å²) in [6.45, 7) is 2.44. The summed E-state index contributed by atoms with van der Waals surface area (Å²) in [4.78, 5) is 20.2. The van der Waals surface area contributed by atoms with Crippen LogP contribution in [-0.4, -0.2) is 24.6 Å². The van der Waals surface area contributed by atoms with Crippen molar-refractivity contribution in [3.63, 3.8) is 0 Å². The van der Waals surface area contributed by atoms with E-state index in [1.165, 1.54) is 12.2 Å². The van der Waals surface area contributed by atoms with E-state index in [2.05, 4.69) is 4.74 Å². The lowest BCUT2D eigenvalue weighted by molar-refractivity contribution is -0.138. The second kappa shape index (κ2) is 5.21. The molecule has 0 bridgehead atoms. The van der Waals surface area contributed by atoms with Crippen molar-refractivity contribution < 1.29 is 19.1 Å². The summed E-state index contributed by atoms with van der Waals surface area (Å²) in [6.07, 6.45) is 7.27. The lowest BCUT2D eigenvalue weighted by Crippen LogP contribution is -2.04. The lowest BCUT2D eigenvalue weighted by Gasteiger charge is -2.01. The molecule has 14 heavy (non-hydrogen) atoms. The Morgan fingerprint density at radius 2 is 2.14 bits per heavy atom. The van der Waals surface area contributed by atoms with Gasteiger partial charge in [-0.2, -0.15) is 0 Å². The first kappa shape index (κ1) is 10.5. The second-order valence-corrected chi connectivity index (χ2v) is 2.78. The fraction of sp³-hybridized carbons (Fsp3) is 0.400. The highest BCUT2D eigenvalue weighted by Gasteiger charge is 2.12. The molecule has 2 heterocycles. The Labute approximate surface area is 82.2 Å². The van der Waals surface area contributed by atoms with Crippen LogP contribution in [0.5, 0.6) is 0 Å². The van der Waals surface area contributed by atoms with Crippen LogP contribution in [0, 0.1) is 0 Å². The molecule has 1 atom stereocenters. The molecule has 0 saturated heterocycles. The Bertz CT molecular complexity index is 278. The SMILES string of the molecule is CCC1C=CC(=O)O1.O=C1C=CCO1. The topological polar surface area (TPSA) is 52.6 Å². The Morgan fingerprint density at radius 3 is 2.36 bits per heavy atom. The molecule has 0 aromatic heterocycles. The fourth-order valence-electron chi connectivity index (χ4n) is 0.956. The zero-order valence-corrected chi connectivity index (χ0v) is 7.93. The molecule has 0 aliphatic carbocycles. The van der Waals surface area contributed by atoms with Gasteiger partial charge in [0.05, 0.1) is 0 Å². The predicted molar refractivity (Wildman–Crippen MR) is 49.4 cm³/mol. The van der Waals surface area contributed by atoms with Gasteiger partial charge in [0.2, 0.25) is 0 Å². The summed E-state index contributed by atoms with van der Waals surface area (Å²) in [5.74, 6) is -0.438. The van der Waals surface area contributed by atoms with Crippen LogP contribution in [0.4, 0.5) is 0 Å². The third kappa shape index (κ3) is 3.43. The third-order valence-corrected chi connectivity index (χ3v) is 1.69. The molecule has 0 radical (unpaired) electrons. The maximum atomic E-state index is 10.3. The first-order valence-corrected chi connectivity index (χ1v) is 4.44. The van der Waals surface area contributed by atoms with E-state index in [4.69, 9.17) is 4.74 Å². The van der Waals surface area contributed by atoms with Crippen molar-refractivity contribution in [2.45, 2.75) is 19.4 Å². The van der Waals surface area contributed by atoms with Gasteiger partial charge in [0.15, 0.2) is 0 Å². The van der Waals surface area contributed by atoms with Crippen molar-refractivity contribution >= 4 is 11.9 Å². The van der Waals surface area contributed by atoms with Gasteiger partial charge in [-0.05, 0) is 18.6 Å². The number of hydrogen-bond acceptors (Lipinski definition) is 4. The van der Waals surface area contributed by atoms with Gasteiger partial charge < -0.3 is 9.47 Å². The van der Waals surface area contributed by atoms with Crippen molar-refractivity contribution in [3.8, 4) is 0 Å². The maximum absolute atomic E-state index is 10.3. The zero-order valence-electron chi connectivity index (χ0n) is 7.93. The molecule has 2 aliphatic rings. The zero-order chi connectivity index (χ0) is 10.4. The highest BCUT2D eigenvalue weighted by Crippen LogP contribution is 2.06. The maximum Gasteiger partial charge on any atom is 0.331 e. The number of esters is 2. The largest absolute Gasteiger partial charge is 0.458 e. The van der Waals surface area contributed by atoms with Crippen LogP contribution in [0.3, 0.4) is 0 Å². The van der Waals surface area contributed by atoms with Gasteiger partial charge in [-0.15, -0.1) is 0 Å². The van der Waals surface area contributed by atoms with Crippen LogP contribution in [0.1, 0.15) is 13.3 Å². The predicted octanol–water partition coefficient (Wildman–Crippen LogP) is 0.977. The van der Waals surface area contributed by atoms with Crippen LogP contribution in [0.2, 0.25) is 0 Å². The molecule has 4 heteroatoms. The van der Waals surface area contributed by atoms with Crippen LogP contribution in [0.15, 0.2) is 24.3 Å². The average molecular weight is 196 g/mol. The second-order valence-electron chi connectivity index (χ2n) is 2.78. The van der Waals surface area contributed by atoms with E-state index in [0.29, 0.717) is 6.61 Å². The highest BCUT2D eigenvalue weighted by atomic mass is 16.5. The Morgan fingerprint density at radius 1 is 1.36 bits per heavy atom. The number of carbonyl (C=O) groups is 2. The molecule has 4 nitrogen and oxygen atoms in total. The third-order valence-electron chi connectivity index (χ3n) is 1.69. The van der Waals surface area contributed by atoms with E-state index in [1.54, 1.807) is 12.2 Å². The highest BCUT2D eigenvalue weighted by molar-refractivity contribution is 5.84. The van der Waals surface area contributed by atoms with Gasteiger partial charge in [0.1, 0.15) is 12.7 Å². The van der Waals surface area contributed by atoms with Gasteiger partial charge in [0, 0.05) is 12.2 Å². The molecule has 0 fully saturated rings. The van der Waals surface area contributed by atoms with Gasteiger partial charge in [-0.25, -0.2) is 9.59 Å². The molecule has 2 rings (SSSR count).